The molecule has 1 aliphatic carbocycles. The molecule has 0 unspecified atom stereocenters. The van der Waals surface area contributed by atoms with Crippen molar-refractivity contribution in [1.29, 1.82) is 0 Å². The lowest BCUT2D eigenvalue weighted by atomic mass is 9.96. The van der Waals surface area contributed by atoms with Crippen molar-refractivity contribution >= 4 is 5.91 Å². The quantitative estimate of drug-likeness (QED) is 0.875. The molecule has 1 N–H and O–H groups in total. The van der Waals surface area contributed by atoms with E-state index in [0.29, 0.717) is 29.8 Å². The lowest BCUT2D eigenvalue weighted by Crippen LogP contribution is -2.48. The third kappa shape index (κ3) is 3.20. The number of ether oxygens (including phenoxy) is 2. The Bertz CT molecular complexity index is 900. The summed E-state index contributed by atoms with van der Waals surface area (Å²) in [6.45, 7) is 1.65. The van der Waals surface area contributed by atoms with Gasteiger partial charge >= 0.3 is 0 Å². The number of halogens is 1. The molecule has 7 heteroatoms. The highest BCUT2D eigenvalue weighted by molar-refractivity contribution is 5.98. The van der Waals surface area contributed by atoms with Gasteiger partial charge in [0.05, 0.1) is 24.8 Å². The third-order valence-corrected chi connectivity index (χ3v) is 5.66. The van der Waals surface area contributed by atoms with E-state index in [1.54, 1.807) is 32.4 Å². The molecule has 2 atom stereocenters. The number of hydrogen-bond donors (Lipinski definition) is 1. The lowest BCUT2D eigenvalue weighted by Gasteiger charge is -2.35. The van der Waals surface area contributed by atoms with E-state index >= 15 is 0 Å². The number of aliphatic hydroxyl groups excluding tert-OH is 1. The topological polar surface area (TPSA) is 71.9 Å². The van der Waals surface area contributed by atoms with Gasteiger partial charge in [-0.1, -0.05) is 6.07 Å². The van der Waals surface area contributed by atoms with Crippen LogP contribution in [0.15, 0.2) is 24.4 Å². The predicted molar refractivity (Wildman–Crippen MR) is 100 cm³/mol. The van der Waals surface area contributed by atoms with E-state index in [1.807, 2.05) is 6.07 Å². The fourth-order valence-electron chi connectivity index (χ4n) is 4.00. The van der Waals surface area contributed by atoms with Crippen LogP contribution in [0.25, 0.3) is 0 Å². The van der Waals surface area contributed by atoms with Gasteiger partial charge in [-0.2, -0.15) is 0 Å². The van der Waals surface area contributed by atoms with Crippen LogP contribution in [0, 0.1) is 12.7 Å². The maximum Gasteiger partial charge on any atom is 0.260 e. The summed E-state index contributed by atoms with van der Waals surface area (Å²) in [7, 11) is 1.55. The van der Waals surface area contributed by atoms with Crippen molar-refractivity contribution in [2.75, 3.05) is 13.8 Å². The second-order valence-electron chi connectivity index (χ2n) is 7.35. The largest absolute Gasteiger partial charge is 0.481 e. The van der Waals surface area contributed by atoms with Gasteiger partial charge in [0.2, 0.25) is 5.88 Å². The molecule has 1 fully saturated rings. The van der Waals surface area contributed by atoms with Crippen molar-refractivity contribution in [1.82, 2.24) is 9.88 Å². The van der Waals surface area contributed by atoms with Gasteiger partial charge in [0.25, 0.3) is 5.91 Å². The average molecular weight is 386 g/mol. The van der Waals surface area contributed by atoms with Crippen LogP contribution in [0.3, 0.4) is 0 Å². The van der Waals surface area contributed by atoms with E-state index < -0.39 is 11.9 Å². The van der Waals surface area contributed by atoms with Gasteiger partial charge in [-0.3, -0.25) is 9.69 Å². The number of methoxy groups -OCH3 is 1. The number of pyridine rings is 1. The van der Waals surface area contributed by atoms with Crippen LogP contribution in [0.2, 0.25) is 0 Å². The SMILES string of the molecule is COc1ccc(Cc2cc3c(c(F)c2C)OCN([C@H]2CCC[C@@H]2O)C3=O)cn1. The molecule has 2 aliphatic rings. The van der Waals surface area contributed by atoms with Crippen LogP contribution >= 0.6 is 0 Å². The van der Waals surface area contributed by atoms with Crippen molar-refractivity contribution in [3.63, 3.8) is 0 Å². The van der Waals surface area contributed by atoms with Crippen LogP contribution < -0.4 is 9.47 Å². The van der Waals surface area contributed by atoms with Crippen molar-refractivity contribution in [2.24, 2.45) is 0 Å². The molecular weight excluding hydrogens is 363 g/mol. The molecule has 0 bridgehead atoms. The van der Waals surface area contributed by atoms with Crippen LogP contribution in [0.5, 0.6) is 11.6 Å². The highest BCUT2D eigenvalue weighted by Gasteiger charge is 2.39. The number of nitrogens with zero attached hydrogens (tertiary/aromatic N) is 2. The number of amides is 1. The zero-order valence-corrected chi connectivity index (χ0v) is 15.9. The minimum atomic E-state index is -0.561. The van der Waals surface area contributed by atoms with Gasteiger partial charge in [-0.15, -0.1) is 0 Å². The molecule has 28 heavy (non-hydrogen) atoms. The maximum atomic E-state index is 14.9. The van der Waals surface area contributed by atoms with Crippen LogP contribution in [0.1, 0.15) is 46.3 Å². The molecule has 1 amide bonds. The van der Waals surface area contributed by atoms with Gasteiger partial charge in [0, 0.05) is 12.3 Å². The van der Waals surface area contributed by atoms with Gasteiger partial charge in [0.1, 0.15) is 0 Å². The Labute approximate surface area is 162 Å². The fourth-order valence-corrected chi connectivity index (χ4v) is 4.00. The summed E-state index contributed by atoms with van der Waals surface area (Å²) in [5, 5.41) is 10.2. The highest BCUT2D eigenvalue weighted by atomic mass is 19.1. The molecule has 148 valence electrons. The van der Waals surface area contributed by atoms with E-state index in [-0.39, 0.29) is 30.0 Å². The summed E-state index contributed by atoms with van der Waals surface area (Å²) in [5.41, 5.74) is 2.26. The molecule has 1 aromatic carbocycles. The van der Waals surface area contributed by atoms with E-state index in [2.05, 4.69) is 4.98 Å². The second kappa shape index (κ2) is 7.39. The molecule has 1 aliphatic heterocycles. The van der Waals surface area contributed by atoms with Crippen molar-refractivity contribution < 1.29 is 23.8 Å². The normalized spacial score (nSPS) is 21.4. The predicted octanol–water partition coefficient (Wildman–Crippen LogP) is 2.83. The fraction of sp³-hybridized carbons (Fsp3) is 0.429. The van der Waals surface area contributed by atoms with Crippen LogP contribution in [-0.4, -0.2) is 46.9 Å². The number of carbonyl (C=O) groups is 1. The molecular formula is C21H23FN2O4. The maximum absolute atomic E-state index is 14.9. The Kier molecular flexibility index (Phi) is 4.93. The first kappa shape index (κ1) is 18.7. The molecule has 6 nitrogen and oxygen atoms in total. The number of hydrogen-bond acceptors (Lipinski definition) is 5. The zero-order chi connectivity index (χ0) is 19.8. The summed E-state index contributed by atoms with van der Waals surface area (Å²) in [5.74, 6) is -0.288. The summed E-state index contributed by atoms with van der Waals surface area (Å²) in [4.78, 5) is 18.7. The third-order valence-electron chi connectivity index (χ3n) is 5.66. The first-order chi connectivity index (χ1) is 13.5. The van der Waals surface area contributed by atoms with Crippen LogP contribution in [-0.2, 0) is 6.42 Å². The Hall–Kier alpha value is -2.67. The summed E-state index contributed by atoms with van der Waals surface area (Å²) >= 11 is 0. The number of benzene rings is 1. The molecule has 0 radical (unpaired) electrons. The van der Waals surface area contributed by atoms with E-state index in [9.17, 15) is 14.3 Å². The number of rotatable bonds is 4. The van der Waals surface area contributed by atoms with Gasteiger partial charge in [-0.05, 0) is 55.4 Å². The second-order valence-corrected chi connectivity index (χ2v) is 7.35. The standard InChI is InChI=1S/C21H23FN2O4/c1-12-14(8-13-6-7-18(27-2)23-10-13)9-15-20(19(12)22)28-11-24(21(15)26)16-4-3-5-17(16)25/h6-7,9-10,16-17,25H,3-5,8,11H2,1-2H3/t16-,17-/m0/s1. The summed E-state index contributed by atoms with van der Waals surface area (Å²) in [6.07, 6.45) is 3.81. The molecule has 4 rings (SSSR count). The monoisotopic (exact) mass is 386 g/mol. The van der Waals surface area contributed by atoms with Gasteiger partial charge in [-0.25, -0.2) is 9.37 Å². The molecule has 0 spiro atoms. The van der Waals surface area contributed by atoms with Crippen molar-refractivity contribution in [3.05, 3.63) is 52.5 Å². The smallest absolute Gasteiger partial charge is 0.260 e. The molecule has 0 saturated heterocycles. The molecule has 2 aromatic rings. The van der Waals surface area contributed by atoms with Crippen molar-refractivity contribution in [2.45, 2.75) is 44.8 Å². The Morgan fingerprint density at radius 2 is 2.21 bits per heavy atom. The number of carbonyl (C=O) groups excluding carboxylic acids is 1. The van der Waals surface area contributed by atoms with Crippen LogP contribution in [0.4, 0.5) is 4.39 Å². The average Bonchev–Trinajstić information content (AvgIpc) is 3.13. The van der Waals surface area contributed by atoms with E-state index in [0.717, 1.165) is 18.4 Å². The highest BCUT2D eigenvalue weighted by Crippen LogP contribution is 2.36. The minimum Gasteiger partial charge on any atom is -0.481 e. The number of aliphatic hydroxyl groups is 1. The molecule has 2 heterocycles. The summed E-state index contributed by atoms with van der Waals surface area (Å²) < 4.78 is 25.6. The Morgan fingerprint density at radius 1 is 1.39 bits per heavy atom. The van der Waals surface area contributed by atoms with E-state index in [4.69, 9.17) is 9.47 Å². The Morgan fingerprint density at radius 3 is 2.86 bits per heavy atom. The lowest BCUT2D eigenvalue weighted by molar-refractivity contribution is 0.0115. The number of fused-ring (bicyclic) bond motifs is 1. The first-order valence-corrected chi connectivity index (χ1v) is 9.42. The van der Waals surface area contributed by atoms with Gasteiger partial charge in [0.15, 0.2) is 18.3 Å². The van der Waals surface area contributed by atoms with E-state index in [1.165, 1.54) is 4.90 Å². The van der Waals surface area contributed by atoms with Gasteiger partial charge < -0.3 is 14.6 Å². The Balaban J connectivity index is 1.66. The molecule has 1 aromatic heterocycles. The number of aromatic nitrogens is 1. The molecule has 1 saturated carbocycles. The first-order valence-electron chi connectivity index (χ1n) is 9.42. The summed E-state index contributed by atoms with van der Waals surface area (Å²) in [6, 6.07) is 5.03. The minimum absolute atomic E-state index is 0.00263. The van der Waals surface area contributed by atoms with Crippen molar-refractivity contribution in [3.8, 4) is 11.6 Å². The zero-order valence-electron chi connectivity index (χ0n) is 15.9.